The SMILES string of the molecule is CCCCCCCCCCCC[Si](CCN)(CCCCCCCCCCCC)CCN[C@H](CCC(N)=O)C(=O)N1CCC[C@@H]1C(=O)NCC(=O)O. The predicted octanol–water partition coefficient (Wildman–Crippen LogP) is 7.65. The maximum absolute atomic E-state index is 13.8. The third-order valence-electron chi connectivity index (χ3n) is 11.1. The number of aliphatic carboxylic acids is 1. The van der Waals surface area contributed by atoms with Crippen molar-refractivity contribution in [3.8, 4) is 0 Å². The molecule has 0 radical (unpaired) electrons. The Morgan fingerprint density at radius 1 is 0.745 bits per heavy atom. The van der Waals surface area contributed by atoms with Crippen molar-refractivity contribution in [2.45, 2.75) is 204 Å². The zero-order chi connectivity index (χ0) is 37.6. The number of carboxylic acid groups (broad SMARTS) is 1. The molecule has 0 unspecified atom stereocenters. The minimum Gasteiger partial charge on any atom is -0.480 e. The Kier molecular flexibility index (Phi) is 28.1. The maximum atomic E-state index is 13.8. The van der Waals surface area contributed by atoms with E-state index in [-0.39, 0.29) is 18.7 Å². The topological polar surface area (TPSA) is 168 Å². The number of rotatable bonds is 35. The van der Waals surface area contributed by atoms with Gasteiger partial charge in [-0.1, -0.05) is 154 Å². The molecule has 11 heteroatoms. The molecule has 10 nitrogen and oxygen atoms in total. The lowest BCUT2D eigenvalue weighted by molar-refractivity contribution is -0.141. The first-order chi connectivity index (χ1) is 24.7. The van der Waals surface area contributed by atoms with Gasteiger partial charge in [-0.2, -0.15) is 0 Å². The highest BCUT2D eigenvalue weighted by Crippen LogP contribution is 2.31. The van der Waals surface area contributed by atoms with Gasteiger partial charge in [0.2, 0.25) is 17.7 Å². The first-order valence-electron chi connectivity index (χ1n) is 21.2. The number of carboxylic acids is 1. The molecule has 0 aliphatic carbocycles. The normalized spacial score (nSPS) is 15.3. The molecule has 2 atom stereocenters. The molecule has 298 valence electrons. The highest BCUT2D eigenvalue weighted by atomic mass is 28.3. The number of nitrogens with one attached hydrogen (secondary N) is 2. The van der Waals surface area contributed by atoms with Gasteiger partial charge in [0.25, 0.3) is 0 Å². The second kappa shape index (κ2) is 30.5. The number of amides is 3. The molecule has 3 amide bonds. The Labute approximate surface area is 312 Å². The van der Waals surface area contributed by atoms with Crippen LogP contribution in [0.1, 0.15) is 168 Å². The Morgan fingerprint density at radius 2 is 1.24 bits per heavy atom. The monoisotopic (exact) mass is 738 g/mol. The fraction of sp³-hybridized carbons (Fsp3) is 0.900. The van der Waals surface area contributed by atoms with E-state index in [1.807, 2.05) is 0 Å². The van der Waals surface area contributed by atoms with Gasteiger partial charge >= 0.3 is 5.97 Å². The van der Waals surface area contributed by atoms with Crippen LogP contribution in [-0.4, -0.2) is 80.0 Å². The van der Waals surface area contributed by atoms with Gasteiger partial charge < -0.3 is 32.1 Å². The van der Waals surface area contributed by atoms with Crippen LogP contribution < -0.4 is 22.1 Å². The molecule has 0 aromatic carbocycles. The predicted molar refractivity (Wildman–Crippen MR) is 213 cm³/mol. The average Bonchev–Trinajstić information content (AvgIpc) is 3.60. The van der Waals surface area contributed by atoms with Gasteiger partial charge in [0.05, 0.1) is 14.1 Å². The summed E-state index contributed by atoms with van der Waals surface area (Å²) >= 11 is 0. The van der Waals surface area contributed by atoms with Crippen molar-refractivity contribution in [1.29, 1.82) is 0 Å². The number of carbonyl (C=O) groups is 4. The molecule has 1 rings (SSSR count). The molecule has 0 aromatic heterocycles. The number of likely N-dealkylation sites (tertiary alicyclic amines) is 1. The fourth-order valence-electron chi connectivity index (χ4n) is 7.93. The van der Waals surface area contributed by atoms with Crippen LogP contribution in [0.3, 0.4) is 0 Å². The lowest BCUT2D eigenvalue weighted by Gasteiger charge is -2.34. The van der Waals surface area contributed by atoms with Gasteiger partial charge in [-0.25, -0.2) is 0 Å². The quantitative estimate of drug-likeness (QED) is 0.0329. The third-order valence-corrected chi connectivity index (χ3v) is 16.6. The minimum absolute atomic E-state index is 0.0791. The lowest BCUT2D eigenvalue weighted by Crippen LogP contribution is -2.53. The summed E-state index contributed by atoms with van der Waals surface area (Å²) in [6.45, 7) is 5.87. The van der Waals surface area contributed by atoms with Gasteiger partial charge in [0.15, 0.2) is 0 Å². The van der Waals surface area contributed by atoms with Gasteiger partial charge in [0.1, 0.15) is 12.6 Å². The van der Waals surface area contributed by atoms with Gasteiger partial charge in [-0.05, 0) is 44.4 Å². The largest absolute Gasteiger partial charge is 0.480 e. The molecule has 0 saturated carbocycles. The minimum atomic E-state index is -1.73. The fourth-order valence-corrected chi connectivity index (χ4v) is 12.7. The summed E-state index contributed by atoms with van der Waals surface area (Å²) in [5.74, 6) is -2.24. The number of nitrogens with zero attached hydrogens (tertiary/aromatic N) is 1. The molecule has 1 aliphatic rings. The third kappa shape index (κ3) is 22.6. The van der Waals surface area contributed by atoms with Crippen LogP contribution in [0.25, 0.3) is 0 Å². The lowest BCUT2D eigenvalue weighted by atomic mass is 10.1. The molecular weight excluding hydrogens is 659 g/mol. The zero-order valence-corrected chi connectivity index (χ0v) is 34.0. The number of primary amides is 1. The summed E-state index contributed by atoms with van der Waals surface area (Å²) in [4.78, 5) is 51.0. The van der Waals surface area contributed by atoms with E-state index in [1.165, 1.54) is 141 Å². The molecular formula is C40H79N5O5Si. The molecule has 1 aliphatic heterocycles. The summed E-state index contributed by atoms with van der Waals surface area (Å²) in [6.07, 6.45) is 28.0. The molecule has 0 spiro atoms. The molecule has 51 heavy (non-hydrogen) atoms. The first kappa shape index (κ1) is 47.0. The number of unbranched alkanes of at least 4 members (excludes halogenated alkanes) is 18. The number of carbonyl (C=O) groups excluding carboxylic acids is 3. The summed E-state index contributed by atoms with van der Waals surface area (Å²) in [6, 6.07) is 3.37. The van der Waals surface area contributed by atoms with E-state index in [1.54, 1.807) is 4.90 Å². The van der Waals surface area contributed by atoms with E-state index in [0.717, 1.165) is 12.1 Å². The van der Waals surface area contributed by atoms with Crippen molar-refractivity contribution in [2.24, 2.45) is 11.5 Å². The van der Waals surface area contributed by atoms with E-state index in [9.17, 15) is 19.2 Å². The zero-order valence-electron chi connectivity index (χ0n) is 33.0. The molecule has 0 aromatic rings. The van der Waals surface area contributed by atoms with Gasteiger partial charge in [0, 0.05) is 13.0 Å². The summed E-state index contributed by atoms with van der Waals surface area (Å²) < 4.78 is 0. The number of hydrogen-bond donors (Lipinski definition) is 5. The van der Waals surface area contributed by atoms with Crippen LogP contribution in [0, 0.1) is 0 Å². The Bertz CT molecular complexity index is 915. The van der Waals surface area contributed by atoms with Crippen LogP contribution in [0.2, 0.25) is 24.2 Å². The Morgan fingerprint density at radius 3 is 1.69 bits per heavy atom. The van der Waals surface area contributed by atoms with Crippen LogP contribution in [0.15, 0.2) is 0 Å². The summed E-state index contributed by atoms with van der Waals surface area (Å²) in [7, 11) is -1.73. The van der Waals surface area contributed by atoms with E-state index in [2.05, 4.69) is 24.5 Å². The van der Waals surface area contributed by atoms with Crippen LogP contribution in [0.4, 0.5) is 0 Å². The highest BCUT2D eigenvalue weighted by molar-refractivity contribution is 6.80. The van der Waals surface area contributed by atoms with Crippen molar-refractivity contribution < 1.29 is 24.3 Å². The standard InChI is InChI=1S/C40H79N5O5Si/c1-3-5-7-9-11-13-15-17-19-21-30-51(32-27-41,31-22-20-18-16-14-12-10-8-6-4-2)33-28-43-35(25-26-37(42)46)40(50)45-29-23-24-36(45)39(49)44-34-38(47)48/h35-36,43H,3-34,41H2,1-2H3,(H2,42,46)(H,44,49)(H,47,48)/t35-,36-/m1/s1. The van der Waals surface area contributed by atoms with Crippen molar-refractivity contribution in [3.05, 3.63) is 0 Å². The Balaban J connectivity index is 2.85. The van der Waals surface area contributed by atoms with Gasteiger partial charge in [-0.3, -0.25) is 19.2 Å². The number of nitrogens with two attached hydrogens (primary N) is 2. The van der Waals surface area contributed by atoms with Crippen molar-refractivity contribution in [3.63, 3.8) is 0 Å². The van der Waals surface area contributed by atoms with Crippen molar-refractivity contribution in [1.82, 2.24) is 15.5 Å². The molecule has 0 bridgehead atoms. The van der Waals surface area contributed by atoms with Gasteiger partial charge in [-0.15, -0.1) is 0 Å². The second-order valence-corrected chi connectivity index (χ2v) is 20.5. The molecule has 7 N–H and O–H groups in total. The molecule has 1 saturated heterocycles. The number of hydrogen-bond acceptors (Lipinski definition) is 6. The highest BCUT2D eigenvalue weighted by Gasteiger charge is 2.38. The van der Waals surface area contributed by atoms with Crippen molar-refractivity contribution in [2.75, 3.05) is 26.2 Å². The van der Waals surface area contributed by atoms with E-state index in [0.29, 0.717) is 32.5 Å². The van der Waals surface area contributed by atoms with E-state index < -0.39 is 44.5 Å². The van der Waals surface area contributed by atoms with E-state index in [4.69, 9.17) is 16.6 Å². The summed E-state index contributed by atoms with van der Waals surface area (Å²) in [5.41, 5.74) is 11.8. The first-order valence-corrected chi connectivity index (χ1v) is 24.0. The van der Waals surface area contributed by atoms with Crippen LogP contribution in [-0.2, 0) is 19.2 Å². The average molecular weight is 738 g/mol. The van der Waals surface area contributed by atoms with Crippen LogP contribution >= 0.6 is 0 Å². The van der Waals surface area contributed by atoms with E-state index >= 15 is 0 Å². The molecule has 1 heterocycles. The Hall–Kier alpha value is -1.98. The second-order valence-electron chi connectivity index (χ2n) is 15.5. The van der Waals surface area contributed by atoms with Crippen LogP contribution in [0.5, 0.6) is 0 Å². The maximum Gasteiger partial charge on any atom is 0.322 e. The van der Waals surface area contributed by atoms with Crippen molar-refractivity contribution >= 4 is 31.8 Å². The smallest absolute Gasteiger partial charge is 0.322 e. The molecule has 1 fully saturated rings. The summed E-state index contributed by atoms with van der Waals surface area (Å²) in [5, 5.41) is 15.0.